The minimum Gasteiger partial charge on any atom is -0.493 e. The Morgan fingerprint density at radius 2 is 2.08 bits per heavy atom. The highest BCUT2D eigenvalue weighted by Crippen LogP contribution is 2.27. The van der Waals surface area contributed by atoms with Gasteiger partial charge < -0.3 is 14.8 Å². The average molecular weight is 343 g/mol. The summed E-state index contributed by atoms with van der Waals surface area (Å²) in [4.78, 5) is 12.4. The lowest BCUT2D eigenvalue weighted by atomic mass is 10.2. The highest BCUT2D eigenvalue weighted by Gasteiger charge is 2.09. The van der Waals surface area contributed by atoms with E-state index >= 15 is 0 Å². The van der Waals surface area contributed by atoms with Crippen LogP contribution in [0.25, 0.3) is 11.0 Å². The van der Waals surface area contributed by atoms with Gasteiger partial charge in [-0.2, -0.15) is 0 Å². The van der Waals surface area contributed by atoms with E-state index in [1.807, 2.05) is 37.3 Å². The van der Waals surface area contributed by atoms with Gasteiger partial charge in [-0.25, -0.2) is 4.98 Å². The lowest BCUT2D eigenvalue weighted by Gasteiger charge is -2.11. The van der Waals surface area contributed by atoms with Crippen LogP contribution in [-0.2, 0) is 5.75 Å². The van der Waals surface area contributed by atoms with Crippen LogP contribution in [0.15, 0.2) is 41.7 Å². The van der Waals surface area contributed by atoms with E-state index in [4.69, 9.17) is 9.84 Å². The molecule has 5 nitrogen and oxygen atoms in total. The number of pyridine rings is 1. The molecule has 126 valence electrons. The molecule has 0 spiro atoms. The van der Waals surface area contributed by atoms with Crippen molar-refractivity contribution in [2.45, 2.75) is 30.7 Å². The van der Waals surface area contributed by atoms with Gasteiger partial charge in [0.05, 0.1) is 23.3 Å². The van der Waals surface area contributed by atoms with E-state index in [0.29, 0.717) is 6.61 Å². The predicted molar refractivity (Wildman–Crippen MR) is 96.4 cm³/mol. The third kappa shape index (κ3) is 4.07. The summed E-state index contributed by atoms with van der Waals surface area (Å²) in [6, 6.07) is 9.90. The van der Waals surface area contributed by atoms with Gasteiger partial charge in [0.25, 0.3) is 0 Å². The zero-order chi connectivity index (χ0) is 16.8. The monoisotopic (exact) mass is 343 g/mol. The van der Waals surface area contributed by atoms with Gasteiger partial charge >= 0.3 is 0 Å². The number of imidazole rings is 1. The van der Waals surface area contributed by atoms with E-state index in [1.54, 1.807) is 18.0 Å². The Morgan fingerprint density at radius 3 is 2.92 bits per heavy atom. The van der Waals surface area contributed by atoms with Crippen molar-refractivity contribution in [2.75, 3.05) is 13.2 Å². The van der Waals surface area contributed by atoms with Gasteiger partial charge in [0.1, 0.15) is 5.75 Å². The first kappa shape index (κ1) is 16.8. The number of ether oxygens (including phenoxy) is 1. The first-order valence-electron chi connectivity index (χ1n) is 8.03. The molecule has 3 rings (SSSR count). The lowest BCUT2D eigenvalue weighted by molar-refractivity contribution is 0.252. The number of benzene rings is 1. The lowest BCUT2D eigenvalue weighted by Crippen LogP contribution is -2.02. The highest BCUT2D eigenvalue weighted by atomic mass is 32.2. The molecule has 0 aliphatic heterocycles. The minimum absolute atomic E-state index is 0.206. The van der Waals surface area contributed by atoms with Gasteiger partial charge in [-0.1, -0.05) is 23.9 Å². The summed E-state index contributed by atoms with van der Waals surface area (Å²) < 4.78 is 5.80. The minimum atomic E-state index is 0.206. The fourth-order valence-electron chi connectivity index (χ4n) is 2.39. The standard InChI is InChI=1S/C18H21N3O2S/c1-13-16(19-9-8-17(13)23-11-5-4-10-22)12-24-18-20-14-6-2-3-7-15(14)21-18/h2-3,6-9,22H,4-5,10-12H2,1H3,(H,20,21). The number of hydrogen-bond donors (Lipinski definition) is 2. The molecule has 0 radical (unpaired) electrons. The maximum Gasteiger partial charge on any atom is 0.166 e. The van der Waals surface area contributed by atoms with E-state index in [-0.39, 0.29) is 6.61 Å². The van der Waals surface area contributed by atoms with Crippen LogP contribution >= 0.6 is 11.8 Å². The van der Waals surface area contributed by atoms with Gasteiger partial charge in [-0.3, -0.25) is 4.98 Å². The Hall–Kier alpha value is -2.05. The summed E-state index contributed by atoms with van der Waals surface area (Å²) >= 11 is 1.64. The number of aromatic amines is 1. The summed E-state index contributed by atoms with van der Waals surface area (Å²) in [6.45, 7) is 2.85. The zero-order valence-corrected chi connectivity index (χ0v) is 14.5. The molecule has 1 aromatic carbocycles. The van der Waals surface area contributed by atoms with E-state index in [1.165, 1.54) is 0 Å². The Bertz CT molecular complexity index is 771. The number of aliphatic hydroxyl groups is 1. The first-order valence-corrected chi connectivity index (χ1v) is 9.02. The van der Waals surface area contributed by atoms with E-state index in [0.717, 1.165) is 51.8 Å². The molecule has 0 saturated heterocycles. The van der Waals surface area contributed by atoms with Crippen molar-refractivity contribution >= 4 is 22.8 Å². The second kappa shape index (κ2) is 8.17. The van der Waals surface area contributed by atoms with Crippen LogP contribution in [0.1, 0.15) is 24.1 Å². The van der Waals surface area contributed by atoms with E-state index < -0.39 is 0 Å². The third-order valence-electron chi connectivity index (χ3n) is 3.78. The summed E-state index contributed by atoms with van der Waals surface area (Å²) in [6.07, 6.45) is 3.39. The van der Waals surface area contributed by atoms with Gasteiger partial charge in [0.15, 0.2) is 5.16 Å². The second-order valence-electron chi connectivity index (χ2n) is 5.51. The topological polar surface area (TPSA) is 71.0 Å². The SMILES string of the molecule is Cc1c(OCCCCO)ccnc1CSc1nc2ccccc2[nH]1. The molecule has 0 saturated carbocycles. The third-order valence-corrected chi connectivity index (χ3v) is 4.67. The van der Waals surface area contributed by atoms with Gasteiger partial charge in [-0.05, 0) is 38.0 Å². The van der Waals surface area contributed by atoms with Crippen molar-refractivity contribution in [1.82, 2.24) is 15.0 Å². The van der Waals surface area contributed by atoms with Crippen LogP contribution in [0.4, 0.5) is 0 Å². The first-order chi connectivity index (χ1) is 11.8. The quantitative estimate of drug-likeness (QED) is 0.482. The number of nitrogens with one attached hydrogen (secondary N) is 1. The van der Waals surface area contributed by atoms with Crippen molar-refractivity contribution in [3.63, 3.8) is 0 Å². The largest absolute Gasteiger partial charge is 0.493 e. The number of unbranched alkanes of at least 4 members (excludes halogenated alkanes) is 1. The second-order valence-corrected chi connectivity index (χ2v) is 6.47. The fraction of sp³-hybridized carbons (Fsp3) is 0.333. The average Bonchev–Trinajstić information content (AvgIpc) is 3.02. The Labute approximate surface area is 145 Å². The normalized spacial score (nSPS) is 11.1. The number of fused-ring (bicyclic) bond motifs is 1. The van der Waals surface area contributed by atoms with Gasteiger partial charge in [0, 0.05) is 24.1 Å². The maximum absolute atomic E-state index is 8.82. The van der Waals surface area contributed by atoms with E-state index in [9.17, 15) is 0 Å². The summed E-state index contributed by atoms with van der Waals surface area (Å²) in [5, 5.41) is 9.71. The zero-order valence-electron chi connectivity index (χ0n) is 13.7. The van der Waals surface area contributed by atoms with Crippen LogP contribution in [0.5, 0.6) is 5.75 Å². The molecule has 6 heteroatoms. The molecular weight excluding hydrogens is 322 g/mol. The number of H-pyrrole nitrogens is 1. The molecule has 0 fully saturated rings. The molecule has 0 aliphatic rings. The predicted octanol–water partition coefficient (Wildman–Crippen LogP) is 3.71. The smallest absolute Gasteiger partial charge is 0.166 e. The number of hydrogen-bond acceptors (Lipinski definition) is 5. The van der Waals surface area contributed by atoms with Gasteiger partial charge in [-0.15, -0.1) is 0 Å². The Kier molecular flexibility index (Phi) is 5.72. The number of para-hydroxylation sites is 2. The molecule has 24 heavy (non-hydrogen) atoms. The maximum atomic E-state index is 8.82. The van der Waals surface area contributed by atoms with Crippen molar-refractivity contribution in [3.8, 4) is 5.75 Å². The summed E-state index contributed by atoms with van der Waals surface area (Å²) in [7, 11) is 0. The molecular formula is C18H21N3O2S. The van der Waals surface area contributed by atoms with Crippen LogP contribution in [0, 0.1) is 6.92 Å². The number of rotatable bonds is 8. The van der Waals surface area contributed by atoms with Crippen molar-refractivity contribution in [2.24, 2.45) is 0 Å². The molecule has 0 bridgehead atoms. The number of nitrogens with zero attached hydrogens (tertiary/aromatic N) is 2. The van der Waals surface area contributed by atoms with Crippen molar-refractivity contribution < 1.29 is 9.84 Å². The molecule has 2 aromatic heterocycles. The molecule has 0 aliphatic carbocycles. The fourth-order valence-corrected chi connectivity index (χ4v) is 3.30. The number of aliphatic hydroxyl groups excluding tert-OH is 1. The van der Waals surface area contributed by atoms with Crippen molar-refractivity contribution in [3.05, 3.63) is 47.8 Å². The Balaban J connectivity index is 1.64. The molecule has 0 unspecified atom stereocenters. The number of thioether (sulfide) groups is 1. The molecule has 2 heterocycles. The number of aromatic nitrogens is 3. The Morgan fingerprint density at radius 1 is 1.21 bits per heavy atom. The highest BCUT2D eigenvalue weighted by molar-refractivity contribution is 7.98. The van der Waals surface area contributed by atoms with Gasteiger partial charge in [0.2, 0.25) is 0 Å². The van der Waals surface area contributed by atoms with E-state index in [2.05, 4.69) is 15.0 Å². The molecule has 2 N–H and O–H groups in total. The summed E-state index contributed by atoms with van der Waals surface area (Å²) in [5.41, 5.74) is 4.08. The van der Waals surface area contributed by atoms with Crippen LogP contribution in [0.2, 0.25) is 0 Å². The summed E-state index contributed by atoms with van der Waals surface area (Å²) in [5.74, 6) is 1.60. The molecule has 3 aromatic rings. The van der Waals surface area contributed by atoms with Crippen LogP contribution < -0.4 is 4.74 Å². The molecule has 0 atom stereocenters. The molecule has 0 amide bonds. The van der Waals surface area contributed by atoms with Crippen LogP contribution in [-0.4, -0.2) is 33.3 Å². The van der Waals surface area contributed by atoms with Crippen LogP contribution in [0.3, 0.4) is 0 Å². The van der Waals surface area contributed by atoms with Crippen molar-refractivity contribution in [1.29, 1.82) is 0 Å².